The molecule has 0 aliphatic carbocycles. The van der Waals surface area contributed by atoms with Crippen LogP contribution >= 0.6 is 0 Å². The number of nitrogens with one attached hydrogen (secondary N) is 1. The van der Waals surface area contributed by atoms with E-state index in [1.807, 2.05) is 57.6 Å². The molecule has 2 rings (SSSR count). The van der Waals surface area contributed by atoms with Crippen LogP contribution in [0.5, 0.6) is 0 Å². The van der Waals surface area contributed by atoms with Crippen molar-refractivity contribution in [3.05, 3.63) is 53.9 Å². The van der Waals surface area contributed by atoms with Gasteiger partial charge in [0, 0.05) is 37.7 Å². The van der Waals surface area contributed by atoms with E-state index in [1.165, 1.54) is 17.0 Å². The van der Waals surface area contributed by atoms with Crippen LogP contribution in [0.4, 0.5) is 23.7 Å². The first-order valence-corrected chi connectivity index (χ1v) is 11.0. The van der Waals surface area contributed by atoms with E-state index in [9.17, 15) is 22.8 Å². The summed E-state index contributed by atoms with van der Waals surface area (Å²) in [6.07, 6.45) is -2.61. The van der Waals surface area contributed by atoms with Crippen LogP contribution in [0.1, 0.15) is 39.0 Å². The van der Waals surface area contributed by atoms with Gasteiger partial charge in [0.05, 0.1) is 12.1 Å². The number of carbonyl (C=O) groups excluding carboxylic acids is 2. The van der Waals surface area contributed by atoms with Gasteiger partial charge in [-0.3, -0.25) is 4.79 Å². The van der Waals surface area contributed by atoms with Gasteiger partial charge in [0.15, 0.2) is 0 Å². The van der Waals surface area contributed by atoms with Crippen molar-refractivity contribution in [2.45, 2.75) is 40.4 Å². The summed E-state index contributed by atoms with van der Waals surface area (Å²) in [6.45, 7) is 8.89. The molecule has 0 bridgehead atoms. The number of carbonyl (C=O) groups is 2. The molecule has 0 saturated carbocycles. The average Bonchev–Trinajstić information content (AvgIpc) is 3.10. The third-order valence-corrected chi connectivity index (χ3v) is 4.98. The standard InChI is InChI=1S/C24H33F3N4O2/c1-17(2)13-30(15-21-10-7-11-29(21)5)22(32)16-31(14-18(3)4)23(33)28-20-9-6-8-19(12-20)24(25,26)27/h6-12,17-18H,13-16H2,1-5H3,(H,28,33). The zero-order valence-corrected chi connectivity index (χ0v) is 19.8. The van der Waals surface area contributed by atoms with Gasteiger partial charge in [0.25, 0.3) is 0 Å². The first kappa shape index (κ1) is 26.3. The van der Waals surface area contributed by atoms with Crippen LogP contribution in [0, 0.1) is 11.8 Å². The topological polar surface area (TPSA) is 57.6 Å². The van der Waals surface area contributed by atoms with Gasteiger partial charge in [-0.05, 0) is 42.2 Å². The predicted molar refractivity (Wildman–Crippen MR) is 123 cm³/mol. The Kier molecular flexibility index (Phi) is 8.96. The molecule has 3 amide bonds. The van der Waals surface area contributed by atoms with Crippen molar-refractivity contribution in [2.24, 2.45) is 18.9 Å². The predicted octanol–water partition coefficient (Wildman–Crippen LogP) is 5.22. The summed E-state index contributed by atoms with van der Waals surface area (Å²) in [7, 11) is 1.90. The maximum absolute atomic E-state index is 13.2. The fourth-order valence-corrected chi connectivity index (χ4v) is 3.45. The summed E-state index contributed by atoms with van der Waals surface area (Å²) in [4.78, 5) is 29.2. The first-order valence-electron chi connectivity index (χ1n) is 11.0. The largest absolute Gasteiger partial charge is 0.416 e. The minimum absolute atomic E-state index is 0.0267. The van der Waals surface area contributed by atoms with E-state index in [0.29, 0.717) is 13.1 Å². The highest BCUT2D eigenvalue weighted by atomic mass is 19.4. The molecule has 9 heteroatoms. The van der Waals surface area contributed by atoms with E-state index in [4.69, 9.17) is 0 Å². The number of aromatic nitrogens is 1. The van der Waals surface area contributed by atoms with Crippen molar-refractivity contribution in [3.63, 3.8) is 0 Å². The third-order valence-electron chi connectivity index (χ3n) is 4.98. The van der Waals surface area contributed by atoms with Crippen LogP contribution in [-0.4, -0.2) is 45.9 Å². The van der Waals surface area contributed by atoms with E-state index in [1.54, 1.807) is 4.90 Å². The highest BCUT2D eigenvalue weighted by Crippen LogP contribution is 2.30. The number of halogens is 3. The van der Waals surface area contributed by atoms with Crippen LogP contribution in [0.3, 0.4) is 0 Å². The average molecular weight is 467 g/mol. The molecule has 2 aromatic rings. The van der Waals surface area contributed by atoms with E-state index < -0.39 is 17.8 Å². The number of alkyl halides is 3. The molecule has 0 radical (unpaired) electrons. The fraction of sp³-hybridized carbons (Fsp3) is 0.500. The van der Waals surface area contributed by atoms with Gasteiger partial charge < -0.3 is 19.7 Å². The normalized spacial score (nSPS) is 11.7. The molecule has 0 aliphatic rings. The minimum Gasteiger partial charge on any atom is -0.353 e. The van der Waals surface area contributed by atoms with Gasteiger partial charge in [-0.1, -0.05) is 33.8 Å². The Morgan fingerprint density at radius 2 is 1.64 bits per heavy atom. The Bertz CT molecular complexity index is 938. The van der Waals surface area contributed by atoms with E-state index in [2.05, 4.69) is 5.32 Å². The maximum Gasteiger partial charge on any atom is 0.416 e. The minimum atomic E-state index is -4.51. The number of nitrogens with zero attached hydrogens (tertiary/aromatic N) is 3. The van der Waals surface area contributed by atoms with Crippen LogP contribution < -0.4 is 5.32 Å². The lowest BCUT2D eigenvalue weighted by atomic mass is 10.2. The number of anilines is 1. The lowest BCUT2D eigenvalue weighted by molar-refractivity contribution is -0.137. The highest BCUT2D eigenvalue weighted by Gasteiger charge is 2.31. The van der Waals surface area contributed by atoms with Crippen LogP contribution in [-0.2, 0) is 24.6 Å². The summed E-state index contributed by atoms with van der Waals surface area (Å²) in [6, 6.07) is 7.68. The van der Waals surface area contributed by atoms with Crippen molar-refractivity contribution in [2.75, 3.05) is 25.0 Å². The number of amides is 3. The van der Waals surface area contributed by atoms with Gasteiger partial charge in [-0.25, -0.2) is 4.79 Å². The van der Waals surface area contributed by atoms with Gasteiger partial charge in [-0.2, -0.15) is 13.2 Å². The van der Waals surface area contributed by atoms with Crippen molar-refractivity contribution in [3.8, 4) is 0 Å². The third kappa shape index (κ3) is 8.14. The van der Waals surface area contributed by atoms with Gasteiger partial charge in [-0.15, -0.1) is 0 Å². The van der Waals surface area contributed by atoms with E-state index in [-0.39, 0.29) is 36.5 Å². The monoisotopic (exact) mass is 466 g/mol. The fourth-order valence-electron chi connectivity index (χ4n) is 3.45. The van der Waals surface area contributed by atoms with Crippen molar-refractivity contribution in [1.29, 1.82) is 0 Å². The Morgan fingerprint density at radius 3 is 2.18 bits per heavy atom. The first-order chi connectivity index (χ1) is 15.4. The molecular weight excluding hydrogens is 433 g/mol. The second kappa shape index (κ2) is 11.2. The zero-order chi connectivity index (χ0) is 24.8. The molecule has 0 fully saturated rings. The SMILES string of the molecule is CC(C)CN(Cc1cccn1C)C(=O)CN(CC(C)C)C(=O)Nc1cccc(C(F)(F)F)c1. The molecule has 1 N–H and O–H groups in total. The van der Waals surface area contributed by atoms with Crippen molar-refractivity contribution < 1.29 is 22.8 Å². The smallest absolute Gasteiger partial charge is 0.353 e. The molecule has 0 aliphatic heterocycles. The molecule has 0 saturated heterocycles. The maximum atomic E-state index is 13.2. The van der Waals surface area contributed by atoms with Gasteiger partial charge >= 0.3 is 12.2 Å². The second-order valence-corrected chi connectivity index (χ2v) is 9.06. The Labute approximate surface area is 193 Å². The number of aryl methyl sites for hydroxylation is 1. The van der Waals surface area contributed by atoms with Crippen LogP contribution in [0.2, 0.25) is 0 Å². The summed E-state index contributed by atoms with van der Waals surface area (Å²) < 4.78 is 41.0. The molecule has 0 spiro atoms. The zero-order valence-electron chi connectivity index (χ0n) is 19.8. The van der Waals surface area contributed by atoms with Crippen LogP contribution in [0.15, 0.2) is 42.6 Å². The van der Waals surface area contributed by atoms with E-state index >= 15 is 0 Å². The molecule has 33 heavy (non-hydrogen) atoms. The highest BCUT2D eigenvalue weighted by molar-refractivity contribution is 5.92. The molecule has 1 aromatic heterocycles. The number of rotatable bonds is 9. The van der Waals surface area contributed by atoms with Gasteiger partial charge in [0.2, 0.25) is 5.91 Å². The van der Waals surface area contributed by atoms with E-state index in [0.717, 1.165) is 17.8 Å². The quantitative estimate of drug-likeness (QED) is 0.551. The van der Waals surface area contributed by atoms with Crippen molar-refractivity contribution >= 4 is 17.6 Å². The van der Waals surface area contributed by atoms with Gasteiger partial charge in [0.1, 0.15) is 6.54 Å². The molecule has 1 aromatic carbocycles. The van der Waals surface area contributed by atoms with Crippen molar-refractivity contribution in [1.82, 2.24) is 14.4 Å². The summed E-state index contributed by atoms with van der Waals surface area (Å²) in [5, 5.41) is 2.51. The summed E-state index contributed by atoms with van der Waals surface area (Å²) in [5.74, 6) is 0.0768. The second-order valence-electron chi connectivity index (χ2n) is 9.06. The Hall–Kier alpha value is -2.97. The molecule has 0 unspecified atom stereocenters. The number of benzene rings is 1. The number of hydrogen-bond donors (Lipinski definition) is 1. The molecular formula is C24H33F3N4O2. The summed E-state index contributed by atoms with van der Waals surface area (Å²) in [5.41, 5.74) is 0.143. The number of hydrogen-bond acceptors (Lipinski definition) is 2. The molecule has 6 nitrogen and oxygen atoms in total. The Morgan fingerprint density at radius 1 is 1.00 bits per heavy atom. The number of urea groups is 1. The lowest BCUT2D eigenvalue weighted by Gasteiger charge is -2.30. The lowest BCUT2D eigenvalue weighted by Crippen LogP contribution is -2.46. The van der Waals surface area contributed by atoms with Crippen LogP contribution in [0.25, 0.3) is 0 Å². The molecule has 1 heterocycles. The molecule has 182 valence electrons. The molecule has 0 atom stereocenters. The summed E-state index contributed by atoms with van der Waals surface area (Å²) >= 11 is 0. The Balaban J connectivity index is 2.17.